The van der Waals surface area contributed by atoms with Gasteiger partial charge in [0.25, 0.3) is 0 Å². The van der Waals surface area contributed by atoms with Crippen LogP contribution in [-0.2, 0) is 6.42 Å². The third-order valence-corrected chi connectivity index (χ3v) is 3.30. The number of rotatable bonds is 4. The van der Waals surface area contributed by atoms with Crippen molar-refractivity contribution in [1.82, 2.24) is 29.8 Å². The normalized spacial score (nSPS) is 11.0. The Morgan fingerprint density at radius 2 is 2.05 bits per heavy atom. The average molecular weight is 305 g/mol. The monoisotopic (exact) mass is 304 g/mol. The molecule has 3 aromatic heterocycles. The number of aliphatic hydroxyl groups excluding tert-OH is 1. The third-order valence-electron chi connectivity index (χ3n) is 2.99. The van der Waals surface area contributed by atoms with Crippen molar-refractivity contribution in [1.29, 1.82) is 0 Å². The molecule has 1 N–H and O–H groups in total. The molecule has 0 spiro atoms. The van der Waals surface area contributed by atoms with Crippen molar-refractivity contribution in [3.05, 3.63) is 47.1 Å². The molecule has 21 heavy (non-hydrogen) atoms. The van der Waals surface area contributed by atoms with Crippen LogP contribution in [0, 0.1) is 6.92 Å². The highest BCUT2D eigenvalue weighted by atomic mass is 35.5. The number of hydrogen-bond acceptors (Lipinski definition) is 5. The van der Waals surface area contributed by atoms with Gasteiger partial charge in [0.1, 0.15) is 5.15 Å². The van der Waals surface area contributed by atoms with E-state index in [1.54, 1.807) is 29.3 Å². The van der Waals surface area contributed by atoms with E-state index in [4.69, 9.17) is 11.6 Å². The second-order valence-electron chi connectivity index (χ2n) is 4.46. The van der Waals surface area contributed by atoms with Gasteiger partial charge >= 0.3 is 0 Å². The topological polar surface area (TPSA) is 81.7 Å². The number of aryl methyl sites for hydroxylation is 1. The summed E-state index contributed by atoms with van der Waals surface area (Å²) in [7, 11) is 0. The van der Waals surface area contributed by atoms with Crippen LogP contribution in [0.5, 0.6) is 0 Å². The molecule has 108 valence electrons. The Hall–Kier alpha value is -2.25. The summed E-state index contributed by atoms with van der Waals surface area (Å²) in [6, 6.07) is 3.68. The number of hydrogen-bond donors (Lipinski definition) is 1. The molecule has 8 heteroatoms. The molecule has 3 rings (SSSR count). The molecule has 7 nitrogen and oxygen atoms in total. The second kappa shape index (κ2) is 5.63. The van der Waals surface area contributed by atoms with Crippen LogP contribution < -0.4 is 0 Å². The number of aromatic nitrogens is 6. The summed E-state index contributed by atoms with van der Waals surface area (Å²) in [4.78, 5) is 5.65. The first kappa shape index (κ1) is 13.7. The van der Waals surface area contributed by atoms with Crippen molar-refractivity contribution in [2.24, 2.45) is 0 Å². The molecule has 0 unspecified atom stereocenters. The Balaban J connectivity index is 2.08. The Morgan fingerprint density at radius 1 is 1.29 bits per heavy atom. The lowest BCUT2D eigenvalue weighted by Crippen LogP contribution is -2.07. The molecule has 3 aromatic rings. The zero-order valence-electron chi connectivity index (χ0n) is 11.3. The van der Waals surface area contributed by atoms with Gasteiger partial charge in [0.2, 0.25) is 0 Å². The molecule has 0 saturated carbocycles. The third kappa shape index (κ3) is 2.65. The lowest BCUT2D eigenvalue weighted by atomic mass is 10.1. The van der Waals surface area contributed by atoms with Gasteiger partial charge in [0, 0.05) is 36.5 Å². The molecule has 0 aliphatic heterocycles. The summed E-state index contributed by atoms with van der Waals surface area (Å²) < 4.78 is 1.68. The Kier molecular flexibility index (Phi) is 3.68. The molecular formula is C13H13ClN6O. The highest BCUT2D eigenvalue weighted by molar-refractivity contribution is 6.30. The summed E-state index contributed by atoms with van der Waals surface area (Å²) in [6.45, 7) is 1.85. The highest BCUT2D eigenvalue weighted by Crippen LogP contribution is 2.23. The van der Waals surface area contributed by atoms with Crippen LogP contribution >= 0.6 is 11.6 Å². The van der Waals surface area contributed by atoms with Crippen LogP contribution in [-0.4, -0.2) is 41.5 Å². The molecular weight excluding hydrogens is 292 g/mol. The van der Waals surface area contributed by atoms with E-state index in [-0.39, 0.29) is 6.61 Å². The second-order valence-corrected chi connectivity index (χ2v) is 4.82. The quantitative estimate of drug-likeness (QED) is 0.736. The van der Waals surface area contributed by atoms with Crippen molar-refractivity contribution < 1.29 is 5.11 Å². The minimum atomic E-state index is -0.00764. The Bertz CT molecular complexity index is 752. The number of pyridine rings is 1. The fourth-order valence-electron chi connectivity index (χ4n) is 2.08. The molecule has 0 atom stereocenters. The van der Waals surface area contributed by atoms with E-state index in [1.165, 1.54) is 4.80 Å². The minimum Gasteiger partial charge on any atom is -0.396 e. The van der Waals surface area contributed by atoms with Gasteiger partial charge in [-0.1, -0.05) is 11.6 Å². The van der Waals surface area contributed by atoms with Gasteiger partial charge in [-0.25, -0.2) is 9.67 Å². The van der Waals surface area contributed by atoms with Crippen molar-refractivity contribution in [2.45, 2.75) is 13.3 Å². The summed E-state index contributed by atoms with van der Waals surface area (Å²) in [5.41, 5.74) is 2.33. The largest absolute Gasteiger partial charge is 0.396 e. The van der Waals surface area contributed by atoms with Crippen molar-refractivity contribution in [3.8, 4) is 11.5 Å². The number of halogens is 1. The summed E-state index contributed by atoms with van der Waals surface area (Å²) in [5.74, 6) is 0.598. The molecule has 0 bridgehead atoms. The lowest BCUT2D eigenvalue weighted by molar-refractivity contribution is 0.299. The van der Waals surface area contributed by atoms with Gasteiger partial charge in [0.05, 0.1) is 18.1 Å². The van der Waals surface area contributed by atoms with Gasteiger partial charge in [0.15, 0.2) is 5.82 Å². The van der Waals surface area contributed by atoms with Crippen LogP contribution in [0.3, 0.4) is 0 Å². The summed E-state index contributed by atoms with van der Waals surface area (Å²) >= 11 is 6.18. The molecule has 0 fully saturated rings. The SMILES string of the molecule is Cc1cc(-n2ccc(-n3nccn3)n2)c(CCO)c(Cl)n1. The minimum absolute atomic E-state index is 0.00764. The van der Waals surface area contributed by atoms with Gasteiger partial charge in [-0.05, 0) is 13.0 Å². The number of nitrogens with zero attached hydrogens (tertiary/aromatic N) is 6. The zero-order valence-corrected chi connectivity index (χ0v) is 12.1. The van der Waals surface area contributed by atoms with Gasteiger partial charge < -0.3 is 5.11 Å². The predicted molar refractivity (Wildman–Crippen MR) is 76.8 cm³/mol. The predicted octanol–water partition coefficient (Wildman–Crippen LogP) is 1.34. The molecule has 0 saturated heterocycles. The molecule has 3 heterocycles. The van der Waals surface area contributed by atoms with Gasteiger partial charge in [-0.15, -0.1) is 9.90 Å². The first-order valence-electron chi connectivity index (χ1n) is 6.38. The maximum atomic E-state index is 9.20. The summed E-state index contributed by atoms with van der Waals surface area (Å²) in [6.07, 6.45) is 5.38. The van der Waals surface area contributed by atoms with Crippen LogP contribution in [0.2, 0.25) is 5.15 Å². The zero-order chi connectivity index (χ0) is 14.8. The van der Waals surface area contributed by atoms with Crippen LogP contribution in [0.4, 0.5) is 0 Å². The maximum Gasteiger partial charge on any atom is 0.196 e. The first-order chi connectivity index (χ1) is 10.2. The van der Waals surface area contributed by atoms with Crippen LogP contribution in [0.15, 0.2) is 30.7 Å². The van der Waals surface area contributed by atoms with Crippen molar-refractivity contribution in [2.75, 3.05) is 6.61 Å². The van der Waals surface area contributed by atoms with Gasteiger partial charge in [-0.3, -0.25) is 0 Å². The average Bonchev–Trinajstić information content (AvgIpc) is 3.10. The fourth-order valence-corrected chi connectivity index (χ4v) is 2.41. The van der Waals surface area contributed by atoms with E-state index in [0.717, 1.165) is 16.9 Å². The summed E-state index contributed by atoms with van der Waals surface area (Å²) in [5, 5.41) is 22.1. The van der Waals surface area contributed by atoms with E-state index in [9.17, 15) is 5.11 Å². The maximum absolute atomic E-state index is 9.20. The van der Waals surface area contributed by atoms with E-state index < -0.39 is 0 Å². The van der Waals surface area contributed by atoms with Gasteiger partial charge in [-0.2, -0.15) is 10.2 Å². The van der Waals surface area contributed by atoms with Crippen molar-refractivity contribution in [3.63, 3.8) is 0 Å². The van der Waals surface area contributed by atoms with E-state index in [1.807, 2.05) is 13.0 Å². The standard InChI is InChI=1S/C13H13ClN6O/c1-9-8-11(10(3-7-21)13(14)17-9)19-6-2-12(18-19)20-15-4-5-16-20/h2,4-6,8,21H,3,7H2,1H3. The fraction of sp³-hybridized carbons (Fsp3) is 0.231. The first-order valence-corrected chi connectivity index (χ1v) is 6.76. The highest BCUT2D eigenvalue weighted by Gasteiger charge is 2.13. The Labute approximate surface area is 125 Å². The molecule has 0 aliphatic rings. The van der Waals surface area contributed by atoms with Crippen LogP contribution in [0.25, 0.3) is 11.5 Å². The molecule has 0 amide bonds. The molecule has 0 radical (unpaired) electrons. The number of aliphatic hydroxyl groups is 1. The van der Waals surface area contributed by atoms with E-state index in [0.29, 0.717) is 17.4 Å². The smallest absolute Gasteiger partial charge is 0.196 e. The molecule has 0 aliphatic carbocycles. The Morgan fingerprint density at radius 3 is 2.76 bits per heavy atom. The van der Waals surface area contributed by atoms with E-state index in [2.05, 4.69) is 20.3 Å². The molecule has 0 aromatic carbocycles. The van der Waals surface area contributed by atoms with E-state index >= 15 is 0 Å². The van der Waals surface area contributed by atoms with Crippen LogP contribution in [0.1, 0.15) is 11.3 Å². The van der Waals surface area contributed by atoms with Crippen molar-refractivity contribution >= 4 is 11.6 Å². The lowest BCUT2D eigenvalue weighted by Gasteiger charge is -2.11.